The van der Waals surface area contributed by atoms with Gasteiger partial charge in [-0.3, -0.25) is 10.1 Å². The summed E-state index contributed by atoms with van der Waals surface area (Å²) in [6, 6.07) is 11.4. The van der Waals surface area contributed by atoms with Crippen molar-refractivity contribution in [1.82, 2.24) is 5.32 Å². The van der Waals surface area contributed by atoms with Crippen molar-refractivity contribution in [2.24, 2.45) is 5.92 Å². The summed E-state index contributed by atoms with van der Waals surface area (Å²) in [6.07, 6.45) is 2.98. The molecule has 1 amide bonds. The molecule has 2 heterocycles. The zero-order valence-corrected chi connectivity index (χ0v) is 16.3. The second-order valence-corrected chi connectivity index (χ2v) is 8.24. The number of para-hydroxylation sites is 1. The first-order valence-electron chi connectivity index (χ1n) is 8.70. The number of thiocarbonyl (C=S) groups is 1. The van der Waals surface area contributed by atoms with Crippen molar-refractivity contribution in [2.45, 2.75) is 26.2 Å². The number of nitrogens with one attached hydrogen (secondary N) is 2. The first-order valence-corrected chi connectivity index (χ1v) is 9.93. The van der Waals surface area contributed by atoms with E-state index < -0.39 is 5.91 Å². The molecule has 1 atom stereocenters. The molecule has 0 bridgehead atoms. The SMILES string of the molecule is CC1CCc2c(sc(NC(=S)NC(=O)c3cc4ccccc4o3)c2C#N)C1. The fraction of sp³-hybridized carbons (Fsp3) is 0.250. The van der Waals surface area contributed by atoms with Crippen LogP contribution in [0.1, 0.15) is 39.9 Å². The van der Waals surface area contributed by atoms with E-state index in [-0.39, 0.29) is 10.9 Å². The van der Waals surface area contributed by atoms with Gasteiger partial charge in [0, 0.05) is 10.3 Å². The number of carbonyl (C=O) groups is 1. The van der Waals surface area contributed by atoms with Gasteiger partial charge in [0.15, 0.2) is 10.9 Å². The van der Waals surface area contributed by atoms with Gasteiger partial charge in [-0.05, 0) is 55.1 Å². The Morgan fingerprint density at radius 2 is 2.22 bits per heavy atom. The van der Waals surface area contributed by atoms with E-state index >= 15 is 0 Å². The van der Waals surface area contributed by atoms with Crippen LogP contribution in [0.2, 0.25) is 0 Å². The Hall–Kier alpha value is -2.69. The van der Waals surface area contributed by atoms with Crippen LogP contribution in [-0.4, -0.2) is 11.0 Å². The minimum absolute atomic E-state index is 0.156. The highest BCUT2D eigenvalue weighted by Crippen LogP contribution is 2.39. The fourth-order valence-corrected chi connectivity index (χ4v) is 4.97. The van der Waals surface area contributed by atoms with Crippen molar-refractivity contribution >= 4 is 50.5 Å². The fourth-order valence-electron chi connectivity index (χ4n) is 3.35. The van der Waals surface area contributed by atoms with Crippen molar-refractivity contribution in [3.05, 3.63) is 52.1 Å². The smallest absolute Gasteiger partial charge is 0.293 e. The molecule has 4 rings (SSSR count). The normalized spacial score (nSPS) is 15.8. The number of benzene rings is 1. The Labute approximate surface area is 166 Å². The molecule has 136 valence electrons. The van der Waals surface area contributed by atoms with Crippen molar-refractivity contribution in [3.8, 4) is 6.07 Å². The van der Waals surface area contributed by atoms with E-state index in [0.29, 0.717) is 22.1 Å². The molecular weight excluding hydrogens is 378 g/mol. The minimum Gasteiger partial charge on any atom is -0.451 e. The number of furan rings is 1. The van der Waals surface area contributed by atoms with Crippen LogP contribution in [0.3, 0.4) is 0 Å². The summed E-state index contributed by atoms with van der Waals surface area (Å²) in [5.41, 5.74) is 2.41. The Balaban J connectivity index is 1.49. The lowest BCUT2D eigenvalue weighted by Crippen LogP contribution is -2.33. The van der Waals surface area contributed by atoms with Crippen molar-refractivity contribution in [3.63, 3.8) is 0 Å². The number of hydrogen-bond donors (Lipinski definition) is 2. The number of anilines is 1. The van der Waals surface area contributed by atoms with Gasteiger partial charge in [-0.25, -0.2) is 0 Å². The van der Waals surface area contributed by atoms with E-state index in [1.807, 2.05) is 18.2 Å². The highest BCUT2D eigenvalue weighted by molar-refractivity contribution is 7.80. The molecule has 2 aromatic heterocycles. The van der Waals surface area contributed by atoms with Crippen LogP contribution in [0.25, 0.3) is 11.0 Å². The number of nitrogens with zero attached hydrogens (tertiary/aromatic N) is 1. The van der Waals surface area contributed by atoms with Crippen molar-refractivity contribution in [2.75, 3.05) is 5.32 Å². The molecule has 27 heavy (non-hydrogen) atoms. The molecule has 0 aliphatic heterocycles. The second-order valence-electron chi connectivity index (χ2n) is 6.72. The summed E-state index contributed by atoms with van der Waals surface area (Å²) >= 11 is 6.83. The monoisotopic (exact) mass is 395 g/mol. The van der Waals surface area contributed by atoms with Crippen LogP contribution in [-0.2, 0) is 12.8 Å². The summed E-state index contributed by atoms with van der Waals surface area (Å²) in [6.45, 7) is 2.22. The van der Waals surface area contributed by atoms with Gasteiger partial charge in [-0.15, -0.1) is 11.3 Å². The maximum Gasteiger partial charge on any atom is 0.293 e. The highest BCUT2D eigenvalue weighted by Gasteiger charge is 2.24. The lowest BCUT2D eigenvalue weighted by atomic mass is 9.89. The Morgan fingerprint density at radius 1 is 1.41 bits per heavy atom. The maximum absolute atomic E-state index is 12.4. The van der Waals surface area contributed by atoms with Crippen LogP contribution in [0, 0.1) is 17.2 Å². The first-order chi connectivity index (χ1) is 13.0. The van der Waals surface area contributed by atoms with Gasteiger partial charge < -0.3 is 9.73 Å². The number of amides is 1. The molecule has 0 saturated carbocycles. The molecule has 1 aliphatic carbocycles. The molecule has 0 fully saturated rings. The zero-order valence-electron chi connectivity index (χ0n) is 14.7. The summed E-state index contributed by atoms with van der Waals surface area (Å²) < 4.78 is 5.55. The molecule has 0 radical (unpaired) electrons. The van der Waals surface area contributed by atoms with Gasteiger partial charge in [-0.1, -0.05) is 25.1 Å². The average Bonchev–Trinajstić information content (AvgIpc) is 3.21. The molecular formula is C20H17N3O2S2. The maximum atomic E-state index is 12.4. The Kier molecular flexibility index (Phi) is 4.68. The summed E-state index contributed by atoms with van der Waals surface area (Å²) in [5, 5.41) is 16.9. The molecule has 2 N–H and O–H groups in total. The van der Waals surface area contributed by atoms with Crippen LogP contribution in [0.15, 0.2) is 34.7 Å². The van der Waals surface area contributed by atoms with Crippen LogP contribution in [0.5, 0.6) is 0 Å². The molecule has 0 spiro atoms. The molecule has 0 saturated heterocycles. The van der Waals surface area contributed by atoms with Crippen molar-refractivity contribution < 1.29 is 9.21 Å². The third kappa shape index (κ3) is 3.46. The molecule has 5 nitrogen and oxygen atoms in total. The number of carbonyl (C=O) groups excluding carboxylic acids is 1. The molecule has 1 aromatic carbocycles. The Bertz CT molecular complexity index is 1060. The van der Waals surface area contributed by atoms with E-state index in [0.717, 1.165) is 30.2 Å². The molecule has 7 heteroatoms. The number of thiophene rings is 1. The Morgan fingerprint density at radius 3 is 3.00 bits per heavy atom. The van der Waals surface area contributed by atoms with Gasteiger partial charge >= 0.3 is 0 Å². The topological polar surface area (TPSA) is 78.1 Å². The number of rotatable bonds is 2. The van der Waals surface area contributed by atoms with E-state index in [1.165, 1.54) is 4.88 Å². The van der Waals surface area contributed by atoms with Crippen molar-refractivity contribution in [1.29, 1.82) is 5.26 Å². The first kappa shape index (κ1) is 17.7. The second kappa shape index (κ2) is 7.14. The van der Waals surface area contributed by atoms with Gasteiger partial charge in [0.25, 0.3) is 5.91 Å². The van der Waals surface area contributed by atoms with Crippen LogP contribution >= 0.6 is 23.6 Å². The van der Waals surface area contributed by atoms with E-state index in [2.05, 4.69) is 23.6 Å². The van der Waals surface area contributed by atoms with Crippen LogP contribution in [0.4, 0.5) is 5.00 Å². The summed E-state index contributed by atoms with van der Waals surface area (Å²) in [7, 11) is 0. The summed E-state index contributed by atoms with van der Waals surface area (Å²) in [4.78, 5) is 13.6. The molecule has 1 aliphatic rings. The third-order valence-electron chi connectivity index (χ3n) is 4.73. The lowest BCUT2D eigenvalue weighted by molar-refractivity contribution is 0.0953. The predicted molar refractivity (Wildman–Crippen MR) is 110 cm³/mol. The standard InChI is InChI=1S/C20H17N3O2S2/c1-11-6-7-13-14(10-21)19(27-17(13)8-11)23-20(26)22-18(24)16-9-12-4-2-3-5-15(12)25-16/h2-5,9,11H,6-8H2,1H3,(H2,22,23,24,26). The highest BCUT2D eigenvalue weighted by atomic mass is 32.1. The number of hydrogen-bond acceptors (Lipinski definition) is 5. The molecule has 3 aromatic rings. The predicted octanol–water partition coefficient (Wildman–Crippen LogP) is 4.62. The largest absolute Gasteiger partial charge is 0.451 e. The molecule has 1 unspecified atom stereocenters. The van der Waals surface area contributed by atoms with E-state index in [4.69, 9.17) is 16.6 Å². The van der Waals surface area contributed by atoms with E-state index in [9.17, 15) is 10.1 Å². The minimum atomic E-state index is -0.419. The van der Waals surface area contributed by atoms with Crippen LogP contribution < -0.4 is 10.6 Å². The summed E-state index contributed by atoms with van der Waals surface area (Å²) in [5.74, 6) is 0.396. The average molecular weight is 396 g/mol. The third-order valence-corrected chi connectivity index (χ3v) is 6.10. The zero-order chi connectivity index (χ0) is 19.0. The quantitative estimate of drug-likeness (QED) is 0.619. The van der Waals surface area contributed by atoms with Gasteiger partial charge in [-0.2, -0.15) is 5.26 Å². The van der Waals surface area contributed by atoms with Gasteiger partial charge in [0.1, 0.15) is 16.7 Å². The number of nitriles is 1. The van der Waals surface area contributed by atoms with Gasteiger partial charge in [0.05, 0.1) is 5.56 Å². The number of fused-ring (bicyclic) bond motifs is 2. The van der Waals surface area contributed by atoms with E-state index in [1.54, 1.807) is 23.5 Å². The lowest BCUT2D eigenvalue weighted by Gasteiger charge is -2.17. The van der Waals surface area contributed by atoms with Gasteiger partial charge in [0.2, 0.25) is 0 Å².